The van der Waals surface area contributed by atoms with Crippen LogP contribution in [-0.2, 0) is 5.41 Å². The molecule has 0 spiro atoms. The van der Waals surface area contributed by atoms with Gasteiger partial charge in [-0.05, 0) is 46.5 Å². The monoisotopic (exact) mass is 617 g/mol. The van der Waals surface area contributed by atoms with Crippen LogP contribution in [0.2, 0.25) is 0 Å². The number of benzene rings is 5. The Morgan fingerprint density at radius 1 is 0.438 bits per heavy atom. The number of hydrogen-bond donors (Lipinski definition) is 0. The van der Waals surface area contributed by atoms with Gasteiger partial charge < -0.3 is 0 Å². The highest BCUT2D eigenvalue weighted by Gasteiger charge is 2.36. The summed E-state index contributed by atoms with van der Waals surface area (Å²) in [6.45, 7) is 4.62. The third-order valence-electron chi connectivity index (χ3n) is 9.48. The topological polar surface area (TPSA) is 56.0 Å². The maximum Gasteiger partial charge on any atom is 0.164 e. The van der Waals surface area contributed by atoms with Gasteiger partial charge in [0.2, 0.25) is 0 Å². The average molecular weight is 618 g/mol. The molecule has 9 rings (SSSR count). The van der Waals surface area contributed by atoms with E-state index >= 15 is 0 Å². The van der Waals surface area contributed by atoms with Gasteiger partial charge in [0, 0.05) is 39.4 Å². The lowest BCUT2D eigenvalue weighted by Gasteiger charge is -2.22. The van der Waals surface area contributed by atoms with E-state index in [-0.39, 0.29) is 5.41 Å². The quantitative estimate of drug-likeness (QED) is 0.193. The second-order valence-corrected chi connectivity index (χ2v) is 12.8. The molecule has 1 aliphatic carbocycles. The van der Waals surface area contributed by atoms with Crippen molar-refractivity contribution in [1.29, 1.82) is 0 Å². The first kappa shape index (κ1) is 28.1. The molecule has 3 aromatic heterocycles. The van der Waals surface area contributed by atoms with E-state index in [1.807, 2.05) is 66.7 Å². The Labute approximate surface area is 279 Å². The van der Waals surface area contributed by atoms with Crippen molar-refractivity contribution >= 4 is 5.65 Å². The Kier molecular flexibility index (Phi) is 6.40. The maximum absolute atomic E-state index is 5.14. The Bertz CT molecular complexity index is 2410. The third kappa shape index (κ3) is 4.55. The van der Waals surface area contributed by atoms with Crippen molar-refractivity contribution in [3.63, 3.8) is 0 Å². The largest absolute Gasteiger partial charge is 0.299 e. The second-order valence-electron chi connectivity index (χ2n) is 12.8. The summed E-state index contributed by atoms with van der Waals surface area (Å²) in [5.41, 5.74) is 12.9. The zero-order valence-corrected chi connectivity index (χ0v) is 26.7. The first-order chi connectivity index (χ1) is 23.5. The molecule has 0 unspecified atom stereocenters. The molecule has 5 nitrogen and oxygen atoms in total. The predicted octanol–water partition coefficient (Wildman–Crippen LogP) is 10.2. The fourth-order valence-corrected chi connectivity index (χ4v) is 7.03. The Morgan fingerprint density at radius 3 is 1.50 bits per heavy atom. The van der Waals surface area contributed by atoms with Gasteiger partial charge in [-0.2, -0.15) is 0 Å². The van der Waals surface area contributed by atoms with E-state index in [0.29, 0.717) is 17.5 Å². The summed E-state index contributed by atoms with van der Waals surface area (Å²) in [5, 5.41) is 0. The number of imidazole rings is 1. The summed E-state index contributed by atoms with van der Waals surface area (Å²) >= 11 is 0. The van der Waals surface area contributed by atoms with Crippen molar-refractivity contribution in [2.75, 3.05) is 0 Å². The molecule has 0 atom stereocenters. The molecule has 0 saturated carbocycles. The summed E-state index contributed by atoms with van der Waals surface area (Å²) < 4.78 is 2.19. The summed E-state index contributed by atoms with van der Waals surface area (Å²) in [7, 11) is 0. The lowest BCUT2D eigenvalue weighted by molar-refractivity contribution is 0.660. The molecular formula is C43H31N5. The number of nitrogens with zero attached hydrogens (tertiary/aromatic N) is 5. The first-order valence-corrected chi connectivity index (χ1v) is 16.2. The Balaban J connectivity index is 1.16. The molecule has 3 heterocycles. The molecule has 0 radical (unpaired) electrons. The van der Waals surface area contributed by atoms with Gasteiger partial charge in [0.05, 0.1) is 11.4 Å². The molecular weight excluding hydrogens is 587 g/mol. The van der Waals surface area contributed by atoms with Crippen LogP contribution in [0.1, 0.15) is 25.0 Å². The normalized spacial score (nSPS) is 13.0. The minimum absolute atomic E-state index is 0.250. The van der Waals surface area contributed by atoms with Crippen LogP contribution in [0.4, 0.5) is 0 Å². The summed E-state index contributed by atoms with van der Waals surface area (Å²) in [5.74, 6) is 1.98. The van der Waals surface area contributed by atoms with E-state index in [9.17, 15) is 0 Å². The molecule has 0 aliphatic heterocycles. The van der Waals surface area contributed by atoms with E-state index in [4.69, 9.17) is 19.9 Å². The van der Waals surface area contributed by atoms with Crippen molar-refractivity contribution in [1.82, 2.24) is 24.3 Å². The highest BCUT2D eigenvalue weighted by Crippen LogP contribution is 2.51. The lowest BCUT2D eigenvalue weighted by Crippen LogP contribution is -2.15. The summed E-state index contributed by atoms with van der Waals surface area (Å²) in [6, 6.07) is 50.4. The number of aromatic nitrogens is 5. The highest BCUT2D eigenvalue weighted by molar-refractivity contribution is 5.88. The van der Waals surface area contributed by atoms with Gasteiger partial charge in [-0.3, -0.25) is 4.40 Å². The van der Waals surface area contributed by atoms with Crippen molar-refractivity contribution in [2.24, 2.45) is 0 Å². The smallest absolute Gasteiger partial charge is 0.164 e. The molecule has 1 aliphatic rings. The minimum atomic E-state index is -0.250. The SMILES string of the molecule is CC1(C)c2cc(-c3nc(-c4ccccc4)nc(-c4ccccc4)n3)ccc2-c2ccc(-c3nc4ccccn4c3-c3ccccc3)cc21. The number of rotatable bonds is 5. The predicted molar refractivity (Wildman–Crippen MR) is 193 cm³/mol. The molecule has 0 bridgehead atoms. The fraction of sp³-hybridized carbons (Fsp3) is 0.0698. The van der Waals surface area contributed by atoms with Crippen LogP contribution in [0.25, 0.3) is 73.5 Å². The summed E-state index contributed by atoms with van der Waals surface area (Å²) in [4.78, 5) is 20.0. The van der Waals surface area contributed by atoms with Gasteiger partial charge in [0.15, 0.2) is 17.5 Å². The van der Waals surface area contributed by atoms with Crippen LogP contribution >= 0.6 is 0 Å². The minimum Gasteiger partial charge on any atom is -0.299 e. The molecule has 0 fully saturated rings. The van der Waals surface area contributed by atoms with Gasteiger partial charge in [-0.15, -0.1) is 0 Å². The van der Waals surface area contributed by atoms with Crippen LogP contribution < -0.4 is 0 Å². The number of hydrogen-bond acceptors (Lipinski definition) is 4. The van der Waals surface area contributed by atoms with Crippen molar-refractivity contribution in [3.05, 3.63) is 163 Å². The highest BCUT2D eigenvalue weighted by atomic mass is 15.0. The molecule has 228 valence electrons. The molecule has 0 N–H and O–H groups in total. The second kappa shape index (κ2) is 11.0. The van der Waals surface area contributed by atoms with E-state index in [1.54, 1.807) is 0 Å². The van der Waals surface area contributed by atoms with E-state index < -0.39 is 0 Å². The Morgan fingerprint density at radius 2 is 0.917 bits per heavy atom. The van der Waals surface area contributed by atoms with E-state index in [2.05, 4.69) is 103 Å². The van der Waals surface area contributed by atoms with Crippen LogP contribution in [0.15, 0.2) is 152 Å². The van der Waals surface area contributed by atoms with Gasteiger partial charge in [-0.25, -0.2) is 19.9 Å². The van der Waals surface area contributed by atoms with Crippen LogP contribution in [0, 0.1) is 0 Å². The van der Waals surface area contributed by atoms with Gasteiger partial charge >= 0.3 is 0 Å². The fourth-order valence-electron chi connectivity index (χ4n) is 7.03. The van der Waals surface area contributed by atoms with E-state index in [0.717, 1.165) is 44.9 Å². The lowest BCUT2D eigenvalue weighted by atomic mass is 9.81. The zero-order valence-electron chi connectivity index (χ0n) is 26.7. The van der Waals surface area contributed by atoms with Gasteiger partial charge in [0.25, 0.3) is 0 Å². The zero-order chi connectivity index (χ0) is 32.2. The molecule has 5 aromatic carbocycles. The van der Waals surface area contributed by atoms with Gasteiger partial charge in [0.1, 0.15) is 5.65 Å². The molecule has 5 heteroatoms. The Hall–Kier alpha value is -6.20. The third-order valence-corrected chi connectivity index (χ3v) is 9.48. The van der Waals surface area contributed by atoms with Crippen molar-refractivity contribution in [2.45, 2.75) is 19.3 Å². The molecule has 48 heavy (non-hydrogen) atoms. The number of pyridine rings is 1. The van der Waals surface area contributed by atoms with Crippen molar-refractivity contribution in [3.8, 4) is 67.8 Å². The van der Waals surface area contributed by atoms with Crippen LogP contribution in [0.3, 0.4) is 0 Å². The standard InChI is InChI=1S/C43H31N5/c1-43(2)35-26-31(38-39(28-14-6-3-7-15-28)48-25-13-12-20-37(48)44-38)21-23-33(35)34-24-22-32(27-36(34)43)42-46-40(29-16-8-4-9-17-29)45-41(47-42)30-18-10-5-11-19-30/h3-27H,1-2H3. The maximum atomic E-state index is 5.14. The summed E-state index contributed by atoms with van der Waals surface area (Å²) in [6.07, 6.45) is 2.09. The van der Waals surface area contributed by atoms with E-state index in [1.165, 1.54) is 22.3 Å². The number of fused-ring (bicyclic) bond motifs is 4. The molecule has 0 saturated heterocycles. The van der Waals surface area contributed by atoms with Gasteiger partial charge in [-0.1, -0.05) is 135 Å². The molecule has 8 aromatic rings. The average Bonchev–Trinajstić information content (AvgIpc) is 3.65. The van der Waals surface area contributed by atoms with Crippen LogP contribution in [0.5, 0.6) is 0 Å². The molecule has 0 amide bonds. The van der Waals surface area contributed by atoms with Crippen LogP contribution in [-0.4, -0.2) is 24.3 Å². The van der Waals surface area contributed by atoms with Crippen molar-refractivity contribution < 1.29 is 0 Å². The first-order valence-electron chi connectivity index (χ1n) is 16.2.